The van der Waals surface area contributed by atoms with Crippen molar-refractivity contribution in [2.24, 2.45) is 0 Å². The van der Waals surface area contributed by atoms with Crippen molar-refractivity contribution in [2.45, 2.75) is 6.61 Å². The molecule has 3 rings (SSSR count). The van der Waals surface area contributed by atoms with E-state index in [1.54, 1.807) is 19.4 Å². The smallest absolute Gasteiger partial charge is 0.146 e. The number of nitrogens with one attached hydrogen (secondary N) is 2. The van der Waals surface area contributed by atoms with Gasteiger partial charge in [-0.25, -0.2) is 4.98 Å². The summed E-state index contributed by atoms with van der Waals surface area (Å²) in [6.07, 6.45) is 3.50. The molecule has 0 aromatic carbocycles. The first-order valence-electron chi connectivity index (χ1n) is 5.49. The van der Waals surface area contributed by atoms with Crippen LogP contribution in [0.4, 0.5) is 0 Å². The van der Waals surface area contributed by atoms with Gasteiger partial charge in [-0.3, -0.25) is 5.10 Å². The van der Waals surface area contributed by atoms with Gasteiger partial charge < -0.3 is 14.8 Å². The second kappa shape index (κ2) is 4.15. The van der Waals surface area contributed by atoms with Crippen molar-refractivity contribution in [2.75, 3.05) is 7.11 Å². The Hall–Kier alpha value is -2.34. The second-order valence-corrected chi connectivity index (χ2v) is 3.88. The molecule has 3 aromatic rings. The van der Waals surface area contributed by atoms with E-state index in [1.807, 2.05) is 12.3 Å². The number of aromatic nitrogens is 4. The molecular formula is C12H12N4O2. The Morgan fingerprint density at radius 3 is 3.06 bits per heavy atom. The van der Waals surface area contributed by atoms with E-state index in [0.717, 1.165) is 16.6 Å². The van der Waals surface area contributed by atoms with Crippen LogP contribution in [0.5, 0.6) is 5.75 Å². The normalized spacial score (nSPS) is 11.0. The molecular weight excluding hydrogens is 232 g/mol. The summed E-state index contributed by atoms with van der Waals surface area (Å²) in [6, 6.07) is 3.70. The third-order valence-electron chi connectivity index (χ3n) is 2.82. The van der Waals surface area contributed by atoms with Gasteiger partial charge in [-0.2, -0.15) is 5.10 Å². The zero-order valence-corrected chi connectivity index (χ0v) is 9.77. The molecule has 0 bridgehead atoms. The Bertz CT molecular complexity index is 686. The summed E-state index contributed by atoms with van der Waals surface area (Å²) in [7, 11) is 1.61. The molecule has 0 amide bonds. The van der Waals surface area contributed by atoms with Gasteiger partial charge in [0.05, 0.1) is 31.1 Å². The Kier molecular flexibility index (Phi) is 2.49. The van der Waals surface area contributed by atoms with Crippen molar-refractivity contribution in [3.8, 4) is 17.1 Å². The van der Waals surface area contributed by atoms with E-state index >= 15 is 0 Å². The summed E-state index contributed by atoms with van der Waals surface area (Å²) in [4.78, 5) is 7.48. The molecule has 0 aliphatic heterocycles. The van der Waals surface area contributed by atoms with Crippen LogP contribution in [0, 0.1) is 0 Å². The van der Waals surface area contributed by atoms with Crippen LogP contribution in [-0.2, 0) is 6.61 Å². The molecule has 0 atom stereocenters. The highest BCUT2D eigenvalue weighted by Gasteiger charge is 2.13. The zero-order valence-electron chi connectivity index (χ0n) is 9.77. The number of fused-ring (bicyclic) bond motifs is 1. The Labute approximate surface area is 103 Å². The molecule has 0 fully saturated rings. The molecule has 0 unspecified atom stereocenters. The lowest BCUT2D eigenvalue weighted by Crippen LogP contribution is -1.90. The SMILES string of the molecule is COc1cnc(-c2cc(CO)[nH]n2)c2[nH]ccc12. The second-order valence-electron chi connectivity index (χ2n) is 3.88. The Morgan fingerprint density at radius 1 is 1.44 bits per heavy atom. The number of ether oxygens (including phenoxy) is 1. The maximum atomic E-state index is 9.03. The number of aromatic amines is 2. The van der Waals surface area contributed by atoms with E-state index in [4.69, 9.17) is 9.84 Å². The summed E-state index contributed by atoms with van der Waals surface area (Å²) in [6.45, 7) is -0.0724. The number of pyridine rings is 1. The third-order valence-corrected chi connectivity index (χ3v) is 2.82. The van der Waals surface area contributed by atoms with Crippen molar-refractivity contribution in [1.82, 2.24) is 20.2 Å². The molecule has 0 radical (unpaired) electrons. The van der Waals surface area contributed by atoms with Crippen molar-refractivity contribution < 1.29 is 9.84 Å². The molecule has 18 heavy (non-hydrogen) atoms. The molecule has 92 valence electrons. The van der Waals surface area contributed by atoms with E-state index in [9.17, 15) is 0 Å². The molecule has 0 saturated heterocycles. The first-order valence-corrected chi connectivity index (χ1v) is 5.49. The minimum Gasteiger partial charge on any atom is -0.494 e. The van der Waals surface area contributed by atoms with Crippen molar-refractivity contribution in [3.05, 3.63) is 30.2 Å². The van der Waals surface area contributed by atoms with Crippen LogP contribution in [0.2, 0.25) is 0 Å². The standard InChI is InChI=1S/C12H12N4O2/c1-18-10-5-14-12(11-8(10)2-3-13-11)9-4-7(6-17)15-16-9/h2-5,13,17H,6H2,1H3,(H,15,16). The minimum absolute atomic E-state index is 0.0724. The van der Waals surface area contributed by atoms with Gasteiger partial charge in [0.1, 0.15) is 17.1 Å². The van der Waals surface area contributed by atoms with Gasteiger partial charge in [0.15, 0.2) is 0 Å². The third kappa shape index (κ3) is 1.54. The number of hydrogen-bond donors (Lipinski definition) is 3. The highest BCUT2D eigenvalue weighted by atomic mass is 16.5. The molecule has 6 nitrogen and oxygen atoms in total. The fourth-order valence-electron chi connectivity index (χ4n) is 1.95. The van der Waals surface area contributed by atoms with E-state index in [0.29, 0.717) is 17.1 Å². The van der Waals surface area contributed by atoms with Crippen molar-refractivity contribution in [3.63, 3.8) is 0 Å². The molecule has 0 saturated carbocycles. The van der Waals surface area contributed by atoms with Gasteiger partial charge in [0.25, 0.3) is 0 Å². The number of H-pyrrole nitrogens is 2. The van der Waals surface area contributed by atoms with E-state index in [2.05, 4.69) is 20.2 Å². The first-order chi connectivity index (χ1) is 8.83. The fraction of sp³-hybridized carbons (Fsp3) is 0.167. The molecule has 3 aromatic heterocycles. The highest BCUT2D eigenvalue weighted by Crippen LogP contribution is 2.30. The molecule has 0 aliphatic rings. The Balaban J connectivity index is 2.20. The van der Waals surface area contributed by atoms with Gasteiger partial charge in [0.2, 0.25) is 0 Å². The summed E-state index contributed by atoms with van der Waals surface area (Å²) >= 11 is 0. The maximum Gasteiger partial charge on any atom is 0.146 e. The average Bonchev–Trinajstić information content (AvgIpc) is 3.06. The van der Waals surface area contributed by atoms with E-state index in [1.165, 1.54) is 0 Å². The lowest BCUT2D eigenvalue weighted by atomic mass is 10.2. The van der Waals surface area contributed by atoms with E-state index < -0.39 is 0 Å². The van der Waals surface area contributed by atoms with Crippen LogP contribution < -0.4 is 4.74 Å². The fourth-order valence-corrected chi connectivity index (χ4v) is 1.95. The molecule has 3 heterocycles. The lowest BCUT2D eigenvalue weighted by molar-refractivity contribution is 0.276. The van der Waals surface area contributed by atoms with Crippen LogP contribution in [0.1, 0.15) is 5.69 Å². The molecule has 0 spiro atoms. The molecule has 0 aliphatic carbocycles. The van der Waals surface area contributed by atoms with Crippen LogP contribution in [-0.4, -0.2) is 32.4 Å². The number of aliphatic hydroxyl groups excluding tert-OH is 1. The Morgan fingerprint density at radius 2 is 2.33 bits per heavy atom. The van der Waals surface area contributed by atoms with Gasteiger partial charge >= 0.3 is 0 Å². The number of methoxy groups -OCH3 is 1. The molecule has 3 N–H and O–H groups in total. The van der Waals surface area contributed by atoms with Gasteiger partial charge in [-0.1, -0.05) is 0 Å². The summed E-state index contributed by atoms with van der Waals surface area (Å²) in [5.74, 6) is 0.716. The monoisotopic (exact) mass is 244 g/mol. The topological polar surface area (TPSA) is 86.8 Å². The minimum atomic E-state index is -0.0724. The highest BCUT2D eigenvalue weighted by molar-refractivity contribution is 5.94. The van der Waals surface area contributed by atoms with Crippen molar-refractivity contribution in [1.29, 1.82) is 0 Å². The van der Waals surface area contributed by atoms with Crippen LogP contribution >= 0.6 is 0 Å². The molecule has 6 heteroatoms. The van der Waals surface area contributed by atoms with E-state index in [-0.39, 0.29) is 6.61 Å². The number of aliphatic hydroxyl groups is 1. The number of rotatable bonds is 3. The van der Waals surface area contributed by atoms with Crippen LogP contribution in [0.25, 0.3) is 22.3 Å². The van der Waals surface area contributed by atoms with Crippen LogP contribution in [0.15, 0.2) is 24.5 Å². The summed E-state index contributed by atoms with van der Waals surface area (Å²) < 4.78 is 5.25. The largest absolute Gasteiger partial charge is 0.494 e. The van der Waals surface area contributed by atoms with Gasteiger partial charge in [-0.15, -0.1) is 0 Å². The van der Waals surface area contributed by atoms with Crippen molar-refractivity contribution >= 4 is 10.9 Å². The average molecular weight is 244 g/mol. The quantitative estimate of drug-likeness (QED) is 0.650. The predicted octanol–water partition coefficient (Wildman–Crippen LogP) is 1.45. The first kappa shape index (κ1) is 10.8. The van der Waals surface area contributed by atoms with Gasteiger partial charge in [0, 0.05) is 11.6 Å². The summed E-state index contributed by atoms with van der Waals surface area (Å²) in [5.41, 5.74) is 2.94. The predicted molar refractivity (Wildman–Crippen MR) is 66.2 cm³/mol. The van der Waals surface area contributed by atoms with Crippen LogP contribution in [0.3, 0.4) is 0 Å². The number of nitrogens with zero attached hydrogens (tertiary/aromatic N) is 2. The maximum absolute atomic E-state index is 9.03. The number of hydrogen-bond acceptors (Lipinski definition) is 4. The summed E-state index contributed by atoms with van der Waals surface area (Å²) in [5, 5.41) is 16.9. The lowest BCUT2D eigenvalue weighted by Gasteiger charge is -2.03. The van der Waals surface area contributed by atoms with Gasteiger partial charge in [-0.05, 0) is 12.1 Å². The zero-order chi connectivity index (χ0) is 12.5.